The number of benzene rings is 2. The van der Waals surface area contributed by atoms with Crippen LogP contribution in [0.15, 0.2) is 60.8 Å². The lowest BCUT2D eigenvalue weighted by atomic mass is 10.1. The van der Waals surface area contributed by atoms with Crippen molar-refractivity contribution < 1.29 is 22.8 Å². The van der Waals surface area contributed by atoms with E-state index in [0.717, 1.165) is 11.8 Å². The summed E-state index contributed by atoms with van der Waals surface area (Å²) in [6.07, 6.45) is -2.32. The van der Waals surface area contributed by atoms with Gasteiger partial charge in [-0.1, -0.05) is 42.2 Å². The van der Waals surface area contributed by atoms with Gasteiger partial charge in [0.25, 0.3) is 5.91 Å². The second-order valence-corrected chi connectivity index (χ2v) is 9.50. The third-order valence-electron chi connectivity index (χ3n) is 6.73. The lowest BCUT2D eigenvalue weighted by Crippen LogP contribution is -2.31. The average Bonchev–Trinajstić information content (AvgIpc) is 3.28. The summed E-state index contributed by atoms with van der Waals surface area (Å²) in [5, 5.41) is 5.40. The molecule has 208 valence electrons. The van der Waals surface area contributed by atoms with Gasteiger partial charge >= 0.3 is 6.18 Å². The molecule has 0 spiro atoms. The first-order valence-electron chi connectivity index (χ1n) is 12.7. The molecule has 2 amide bonds. The van der Waals surface area contributed by atoms with Crippen LogP contribution in [0.5, 0.6) is 0 Å². The molecule has 1 aliphatic rings. The number of hydrogen-bond donors (Lipinski definition) is 3. The number of carbonyl (C=O) groups is 2. The molecule has 41 heavy (non-hydrogen) atoms. The van der Waals surface area contributed by atoms with Crippen molar-refractivity contribution in [2.24, 2.45) is 7.05 Å². The van der Waals surface area contributed by atoms with Crippen molar-refractivity contribution in [3.63, 3.8) is 0 Å². The van der Waals surface area contributed by atoms with E-state index < -0.39 is 17.6 Å². The second kappa shape index (κ2) is 11.2. The van der Waals surface area contributed by atoms with Crippen molar-refractivity contribution in [3.05, 3.63) is 99.9 Å². The molecule has 3 heterocycles. The number of nitrogens with one attached hydrogen (secondary N) is 2. The van der Waals surface area contributed by atoms with Gasteiger partial charge in [0.2, 0.25) is 11.9 Å². The third kappa shape index (κ3) is 6.06. The van der Waals surface area contributed by atoms with E-state index in [1.165, 1.54) is 24.4 Å². The molecule has 5 rings (SSSR count). The molecule has 8 nitrogen and oxygen atoms in total. The number of aromatic nitrogens is 3. The number of nitrogens with zero attached hydrogens (tertiary/aromatic N) is 3. The summed E-state index contributed by atoms with van der Waals surface area (Å²) in [4.78, 5) is 33.3. The second-order valence-electron chi connectivity index (χ2n) is 9.50. The Hall–Kier alpha value is -5.11. The summed E-state index contributed by atoms with van der Waals surface area (Å²) in [6.45, 7) is 0.315. The summed E-state index contributed by atoms with van der Waals surface area (Å²) in [7, 11) is 1.86. The number of fused-ring (bicyclic) bond motifs is 1. The monoisotopic (exact) mass is 558 g/mol. The first-order chi connectivity index (χ1) is 19.6. The summed E-state index contributed by atoms with van der Waals surface area (Å²) < 4.78 is 41.6. The Morgan fingerprint density at radius 3 is 2.73 bits per heavy atom. The van der Waals surface area contributed by atoms with Crippen LogP contribution in [0.3, 0.4) is 0 Å². The minimum Gasteiger partial charge on any atom is -0.368 e. The quantitative estimate of drug-likeness (QED) is 0.324. The van der Waals surface area contributed by atoms with E-state index in [2.05, 4.69) is 32.4 Å². The van der Waals surface area contributed by atoms with Gasteiger partial charge in [-0.25, -0.2) is 9.97 Å². The molecule has 4 N–H and O–H groups in total. The molecule has 4 aromatic rings. The third-order valence-corrected chi connectivity index (χ3v) is 6.73. The molecule has 2 aromatic carbocycles. The van der Waals surface area contributed by atoms with Gasteiger partial charge < -0.3 is 20.9 Å². The number of amides is 2. The first-order valence-corrected chi connectivity index (χ1v) is 12.7. The Morgan fingerprint density at radius 2 is 1.95 bits per heavy atom. The Labute approximate surface area is 233 Å². The zero-order chi connectivity index (χ0) is 29.1. The Kier molecular flexibility index (Phi) is 7.48. The Morgan fingerprint density at radius 1 is 1.15 bits per heavy atom. The van der Waals surface area contributed by atoms with Gasteiger partial charge in [0.05, 0.1) is 28.8 Å². The number of nitrogens with two attached hydrogens (primary N) is 1. The SMILES string of the molecule is Cn1c(-c2nc(N)ncc2C#Cc2cccc(CC(=O)NCc3ccccc3C(F)(F)F)c2)cc2c1CCNC2=O. The number of halogens is 3. The topological polar surface area (TPSA) is 115 Å². The van der Waals surface area contributed by atoms with Gasteiger partial charge in [0.1, 0.15) is 5.69 Å². The minimum atomic E-state index is -4.50. The van der Waals surface area contributed by atoms with Gasteiger partial charge in [-0.05, 0) is 35.4 Å². The van der Waals surface area contributed by atoms with Gasteiger partial charge in [0.15, 0.2) is 0 Å². The fourth-order valence-corrected chi connectivity index (χ4v) is 4.73. The standard InChI is InChI=1S/C30H25F3N6O2/c1-39-24-11-12-35-28(41)22(24)15-25(39)27-21(17-37-29(34)38-27)10-9-18-5-4-6-19(13-18)14-26(40)36-16-20-7-2-3-8-23(20)30(31,32)33/h2-8,13,15,17H,11-12,14,16H2,1H3,(H,35,41)(H,36,40)(H2,34,37,38). The van der Waals surface area contributed by atoms with Gasteiger partial charge in [0, 0.05) is 44.0 Å². The van der Waals surface area contributed by atoms with Crippen LogP contribution >= 0.6 is 0 Å². The summed E-state index contributed by atoms with van der Waals surface area (Å²) in [5.41, 5.74) is 9.51. The summed E-state index contributed by atoms with van der Waals surface area (Å²) in [5.74, 6) is 5.64. The van der Waals surface area contributed by atoms with Crippen LogP contribution in [0.25, 0.3) is 11.4 Å². The number of hydrogen-bond acceptors (Lipinski definition) is 5. The van der Waals surface area contributed by atoms with E-state index in [4.69, 9.17) is 5.73 Å². The van der Waals surface area contributed by atoms with Crippen molar-refractivity contribution in [2.75, 3.05) is 12.3 Å². The fraction of sp³-hybridized carbons (Fsp3) is 0.200. The average molecular weight is 559 g/mol. The molecule has 0 radical (unpaired) electrons. The molecule has 0 atom stereocenters. The lowest BCUT2D eigenvalue weighted by molar-refractivity contribution is -0.138. The maximum atomic E-state index is 13.2. The Balaban J connectivity index is 1.34. The van der Waals surface area contributed by atoms with Crippen molar-refractivity contribution in [3.8, 4) is 23.2 Å². The molecule has 0 aliphatic carbocycles. The zero-order valence-corrected chi connectivity index (χ0v) is 22.0. The van der Waals surface area contributed by atoms with Crippen LogP contribution in [-0.2, 0) is 37.4 Å². The molecule has 0 bridgehead atoms. The number of alkyl halides is 3. The van der Waals surface area contributed by atoms with Crippen LogP contribution in [0.2, 0.25) is 0 Å². The number of anilines is 1. The number of nitrogen functional groups attached to an aromatic ring is 1. The van der Waals surface area contributed by atoms with Crippen LogP contribution in [-0.4, -0.2) is 32.9 Å². The molecule has 1 aliphatic heterocycles. The zero-order valence-electron chi connectivity index (χ0n) is 22.0. The molecule has 0 saturated carbocycles. The molecule has 11 heteroatoms. The van der Waals surface area contributed by atoms with E-state index in [1.807, 2.05) is 11.6 Å². The van der Waals surface area contributed by atoms with Gasteiger partial charge in [-0.3, -0.25) is 9.59 Å². The van der Waals surface area contributed by atoms with Gasteiger partial charge in [-0.15, -0.1) is 0 Å². The largest absolute Gasteiger partial charge is 0.416 e. The summed E-state index contributed by atoms with van der Waals surface area (Å²) in [6, 6.07) is 13.9. The van der Waals surface area contributed by atoms with E-state index in [0.29, 0.717) is 46.6 Å². The van der Waals surface area contributed by atoms with Gasteiger partial charge in [-0.2, -0.15) is 13.2 Å². The minimum absolute atomic E-state index is 0.00538. The van der Waals surface area contributed by atoms with E-state index in [-0.39, 0.29) is 30.4 Å². The van der Waals surface area contributed by atoms with Crippen LogP contribution in [0.4, 0.5) is 19.1 Å². The predicted molar refractivity (Wildman–Crippen MR) is 146 cm³/mol. The smallest absolute Gasteiger partial charge is 0.368 e. The van der Waals surface area contributed by atoms with Crippen LogP contribution in [0.1, 0.15) is 43.9 Å². The Bertz CT molecular complexity index is 1720. The van der Waals surface area contributed by atoms with E-state index >= 15 is 0 Å². The highest BCUT2D eigenvalue weighted by atomic mass is 19.4. The normalized spacial score (nSPS) is 12.6. The van der Waals surface area contributed by atoms with Crippen molar-refractivity contribution in [1.82, 2.24) is 25.2 Å². The van der Waals surface area contributed by atoms with Crippen molar-refractivity contribution in [1.29, 1.82) is 0 Å². The maximum Gasteiger partial charge on any atom is 0.416 e. The molecular formula is C30H25F3N6O2. The summed E-state index contributed by atoms with van der Waals surface area (Å²) >= 11 is 0. The molecule has 0 unspecified atom stereocenters. The highest BCUT2D eigenvalue weighted by Gasteiger charge is 2.32. The highest BCUT2D eigenvalue weighted by molar-refractivity contribution is 5.98. The molecule has 0 saturated heterocycles. The molecular weight excluding hydrogens is 533 g/mol. The van der Waals surface area contributed by atoms with E-state index in [1.54, 1.807) is 30.3 Å². The van der Waals surface area contributed by atoms with Crippen LogP contribution < -0.4 is 16.4 Å². The highest BCUT2D eigenvalue weighted by Crippen LogP contribution is 2.32. The van der Waals surface area contributed by atoms with Crippen LogP contribution in [0, 0.1) is 11.8 Å². The maximum absolute atomic E-state index is 13.2. The fourth-order valence-electron chi connectivity index (χ4n) is 4.73. The molecule has 2 aromatic heterocycles. The first kappa shape index (κ1) is 27.5. The van der Waals surface area contributed by atoms with Crippen molar-refractivity contribution in [2.45, 2.75) is 25.6 Å². The van der Waals surface area contributed by atoms with Crippen molar-refractivity contribution >= 4 is 17.8 Å². The number of rotatable bonds is 5. The molecule has 0 fully saturated rings. The van der Waals surface area contributed by atoms with E-state index in [9.17, 15) is 22.8 Å². The predicted octanol–water partition coefficient (Wildman–Crippen LogP) is 3.63. The number of carbonyl (C=O) groups excluding carboxylic acids is 2. The lowest BCUT2D eigenvalue weighted by Gasteiger charge is -2.14.